The van der Waals surface area contributed by atoms with Crippen molar-refractivity contribution >= 4 is 103 Å². The summed E-state index contributed by atoms with van der Waals surface area (Å²) in [6.07, 6.45) is 27.5. The van der Waals surface area contributed by atoms with Crippen LogP contribution in [0, 0.1) is 0 Å². The van der Waals surface area contributed by atoms with Gasteiger partial charge in [-0.15, -0.1) is 0 Å². The molecule has 0 radical (unpaired) electrons. The Morgan fingerprint density at radius 2 is 0.980 bits per heavy atom. The molecule has 25 heteroatoms. The van der Waals surface area contributed by atoms with Gasteiger partial charge in [-0.25, -0.2) is 4.79 Å². The molecule has 2 saturated heterocycles. The number of nitrogens with one attached hydrogen (secondary N) is 4. The Hall–Kier alpha value is -8.57. The maximum absolute atomic E-state index is 12.4. The molecule has 4 N–H and O–H groups in total. The van der Waals surface area contributed by atoms with E-state index < -0.39 is 5.60 Å². The van der Waals surface area contributed by atoms with Crippen LogP contribution in [0.3, 0.4) is 0 Å². The van der Waals surface area contributed by atoms with E-state index in [2.05, 4.69) is 99.8 Å². The molecule has 5 aliphatic rings. The molecule has 13 rings (SSSR count). The summed E-state index contributed by atoms with van der Waals surface area (Å²) in [7, 11) is 9.38. The number of hydrogen-bond acceptors (Lipinski definition) is 14. The molecule has 3 aromatic carbocycles. The Morgan fingerprint density at radius 1 is 0.540 bits per heavy atom. The van der Waals surface area contributed by atoms with Crippen molar-refractivity contribution < 1.29 is 38.1 Å². The topological polar surface area (TPSA) is 231 Å². The highest BCUT2D eigenvalue weighted by atomic mass is 79.9. The van der Waals surface area contributed by atoms with Gasteiger partial charge in [0.15, 0.2) is 0 Å². The number of allylic oxidation sites excluding steroid dienone is 6. The van der Waals surface area contributed by atoms with Crippen LogP contribution in [-0.2, 0) is 43.3 Å². The van der Waals surface area contributed by atoms with Gasteiger partial charge in [0.25, 0.3) is 17.7 Å². The van der Waals surface area contributed by atoms with Crippen LogP contribution in [0.4, 0.5) is 4.79 Å². The summed E-state index contributed by atoms with van der Waals surface area (Å²) < 4.78 is 26.7. The molecule has 2 aliphatic heterocycles. The second-order valence-electron chi connectivity index (χ2n) is 25.8. The predicted molar refractivity (Wildman–Crippen MR) is 395 cm³/mol. The number of amides is 4. The fraction of sp³-hybridized carbons (Fsp3) is 0.347. The summed E-state index contributed by atoms with van der Waals surface area (Å²) in [5.74, 6) is 0.731. The lowest BCUT2D eigenvalue weighted by Crippen LogP contribution is -2.42. The molecule has 2 fully saturated rings. The number of nitrogens with zero attached hydrogens (tertiary/aromatic N) is 8. The first-order chi connectivity index (χ1) is 48.1. The minimum Gasteiger partial charge on any atom is -0.495 e. The molecule has 4 amide bonds. The number of carbonyl (C=O) groups excluding carboxylic acids is 4. The molecule has 0 bridgehead atoms. The molecule has 0 saturated carbocycles. The first-order valence-electron chi connectivity index (χ1n) is 33.0. The Bertz CT molecular complexity index is 4550. The molecule has 5 aromatic heterocycles. The zero-order valence-corrected chi connectivity index (χ0v) is 61.8. The second-order valence-corrected chi connectivity index (χ2v) is 28.2. The molecular weight excluding hydrogens is 1420 g/mol. The van der Waals surface area contributed by atoms with Crippen LogP contribution in [0.5, 0.6) is 17.2 Å². The number of aromatic nitrogens is 7. The van der Waals surface area contributed by atoms with E-state index in [0.29, 0.717) is 98.0 Å². The number of hydrogen-bond donors (Lipinski definition) is 4. The zero-order valence-electron chi connectivity index (χ0n) is 57.2. The van der Waals surface area contributed by atoms with Gasteiger partial charge < -0.3 is 45.1 Å². The van der Waals surface area contributed by atoms with Crippen molar-refractivity contribution in [1.29, 1.82) is 0 Å². The minimum absolute atomic E-state index is 0.174. The van der Waals surface area contributed by atoms with Crippen LogP contribution in [0.15, 0.2) is 115 Å². The van der Waals surface area contributed by atoms with Gasteiger partial charge in [-0.3, -0.25) is 38.7 Å². The molecule has 522 valence electrons. The third-order valence-electron chi connectivity index (χ3n) is 18.3. The number of carbonyl (C=O) groups is 4. The first-order valence-corrected chi connectivity index (χ1v) is 35.3. The standard InChI is InChI=1S/C31H36ClN5O4.C26H28ClN5O2.C18H15BrCl2N2O2/c1-31(2,3)41-30(39)36-10-8-24(9-11-36)37-18-23(17-35-37)22-14-25-19(6-7-26(25)34-16-22)12-20-13-21(29(38)33-4)15-27(40-5)28(20)32;1-28-26(33)18-10-17(25(27)24(12-18)34-2)9-16-3-4-23-22(16)11-19(13-30-23)20-14-31-32(15-20)21-5-7-29-8-6-21;1-22-18(24)13-7-15(25-2)17(21)12(16(13)20)5-9-3-4-14-11(9)6-10(19)8-23-14/h6,13-18,24H,7-12H2,1-5H3,(H,33,38);3,10-15,21,29H,4-9H2,1-2H3,(H,28,33);3,6-8H,4-5H2,1-2H3,(H,22,24). The van der Waals surface area contributed by atoms with Crippen LogP contribution in [0.1, 0.15) is 140 Å². The number of halogens is 5. The molecule has 0 atom stereocenters. The normalized spacial score (nSPS) is 14.8. The van der Waals surface area contributed by atoms with Crippen molar-refractivity contribution in [3.63, 3.8) is 0 Å². The van der Waals surface area contributed by atoms with Crippen LogP contribution in [-0.4, -0.2) is 137 Å². The number of rotatable bonds is 16. The summed E-state index contributed by atoms with van der Waals surface area (Å²) in [5.41, 5.74) is 16.9. The quantitative estimate of drug-likeness (QED) is 0.0705. The number of likely N-dealkylation sites (tertiary alicyclic amines) is 1. The average molecular weight is 1500 g/mol. The Morgan fingerprint density at radius 3 is 1.44 bits per heavy atom. The van der Waals surface area contributed by atoms with E-state index in [1.54, 1.807) is 64.7 Å². The maximum atomic E-state index is 12.4. The van der Waals surface area contributed by atoms with Gasteiger partial charge >= 0.3 is 6.09 Å². The molecule has 0 spiro atoms. The van der Waals surface area contributed by atoms with Gasteiger partial charge in [-0.05, 0) is 170 Å². The lowest BCUT2D eigenvalue weighted by molar-refractivity contribution is 0.0184. The van der Waals surface area contributed by atoms with E-state index in [9.17, 15) is 19.2 Å². The minimum atomic E-state index is -0.501. The molecule has 100 heavy (non-hydrogen) atoms. The molecule has 0 unspecified atom stereocenters. The highest BCUT2D eigenvalue weighted by Gasteiger charge is 2.30. The lowest BCUT2D eigenvalue weighted by Gasteiger charge is -2.33. The second kappa shape index (κ2) is 32.0. The lowest BCUT2D eigenvalue weighted by atomic mass is 9.97. The zero-order chi connectivity index (χ0) is 71.1. The molecular formula is C75H79BrCl4N12O8. The van der Waals surface area contributed by atoms with Crippen LogP contribution in [0.2, 0.25) is 20.1 Å². The van der Waals surface area contributed by atoms with E-state index in [0.717, 1.165) is 146 Å². The SMILES string of the molecule is CNC(=O)c1cc(CC2=CCc3ncc(-c4cnn(C5CCN(C(=O)OC(C)(C)C)CC5)c4)cc32)c(Cl)c(OC)c1.CNC(=O)c1cc(CC2=CCc3ncc(-c4cnn(C5CCNCC5)c4)cc32)c(Cl)c(OC)c1.CNC(=O)c1cc(OC)c(Cl)c(CC2=CCc3ncc(Br)cc32)c1Cl. The third-order valence-corrected chi connectivity index (χ3v) is 20.4. The summed E-state index contributed by atoms with van der Waals surface area (Å²) in [6.45, 7) is 8.98. The molecule has 3 aliphatic carbocycles. The number of ether oxygens (including phenoxy) is 4. The van der Waals surface area contributed by atoms with E-state index in [4.69, 9.17) is 75.3 Å². The van der Waals surface area contributed by atoms with Crippen molar-refractivity contribution in [2.24, 2.45) is 0 Å². The van der Waals surface area contributed by atoms with E-state index in [-0.39, 0.29) is 29.9 Å². The van der Waals surface area contributed by atoms with Gasteiger partial charge in [0, 0.05) is 145 Å². The number of benzene rings is 3. The van der Waals surface area contributed by atoms with Crippen LogP contribution < -0.4 is 35.5 Å². The highest BCUT2D eigenvalue weighted by Crippen LogP contribution is 2.43. The number of fused-ring (bicyclic) bond motifs is 3. The smallest absolute Gasteiger partial charge is 0.410 e. The Kier molecular flexibility index (Phi) is 23.2. The maximum Gasteiger partial charge on any atom is 0.410 e. The number of methoxy groups -OCH3 is 3. The number of pyridine rings is 3. The van der Waals surface area contributed by atoms with Crippen molar-refractivity contribution in [2.75, 3.05) is 68.7 Å². The van der Waals surface area contributed by atoms with E-state index in [1.165, 1.54) is 7.11 Å². The van der Waals surface area contributed by atoms with Crippen molar-refractivity contribution in [3.8, 4) is 39.5 Å². The monoisotopic (exact) mass is 1490 g/mol. The summed E-state index contributed by atoms with van der Waals surface area (Å²) in [5, 5.41) is 22.4. The molecule has 8 aromatic rings. The summed E-state index contributed by atoms with van der Waals surface area (Å²) >= 11 is 29.7. The van der Waals surface area contributed by atoms with Gasteiger partial charge in [0.1, 0.15) is 22.8 Å². The number of piperidine rings is 2. The Labute approximate surface area is 610 Å². The van der Waals surface area contributed by atoms with Gasteiger partial charge in [0.05, 0.1) is 88.5 Å². The van der Waals surface area contributed by atoms with Crippen LogP contribution in [0.25, 0.3) is 39.0 Å². The highest BCUT2D eigenvalue weighted by molar-refractivity contribution is 9.10. The average Bonchev–Trinajstić information content (AvgIpc) is 1.50. The van der Waals surface area contributed by atoms with Crippen molar-refractivity contribution in [2.45, 2.75) is 103 Å². The first kappa shape index (κ1) is 72.7. The predicted octanol–water partition coefficient (Wildman–Crippen LogP) is 14.5. The summed E-state index contributed by atoms with van der Waals surface area (Å²) in [6, 6.07) is 15.6. The van der Waals surface area contributed by atoms with E-state index in [1.807, 2.05) is 68.4 Å². The Balaban J connectivity index is 0.000000156. The van der Waals surface area contributed by atoms with Crippen LogP contribution >= 0.6 is 62.3 Å². The third kappa shape index (κ3) is 16.4. The molecule has 20 nitrogen and oxygen atoms in total. The van der Waals surface area contributed by atoms with Gasteiger partial charge in [0.2, 0.25) is 0 Å². The van der Waals surface area contributed by atoms with Crippen molar-refractivity contribution in [1.82, 2.24) is 60.7 Å². The van der Waals surface area contributed by atoms with E-state index >= 15 is 0 Å². The van der Waals surface area contributed by atoms with Gasteiger partial charge in [-0.1, -0.05) is 64.6 Å². The fourth-order valence-corrected chi connectivity index (χ4v) is 14.4. The molecule has 7 heterocycles. The van der Waals surface area contributed by atoms with Gasteiger partial charge in [-0.2, -0.15) is 10.2 Å². The summed E-state index contributed by atoms with van der Waals surface area (Å²) in [4.78, 5) is 64.8. The fourth-order valence-electron chi connectivity index (χ4n) is 13.0. The largest absolute Gasteiger partial charge is 0.495 e. The van der Waals surface area contributed by atoms with Crippen molar-refractivity contribution in [3.05, 3.63) is 202 Å².